The van der Waals surface area contributed by atoms with E-state index in [-0.39, 0.29) is 0 Å². The van der Waals surface area contributed by atoms with Crippen molar-refractivity contribution in [2.45, 2.75) is 51.9 Å². The van der Waals surface area contributed by atoms with E-state index < -0.39 is 6.03 Å². The summed E-state index contributed by atoms with van der Waals surface area (Å²) in [6.45, 7) is 2.22. The van der Waals surface area contributed by atoms with Gasteiger partial charge >= 0.3 is 6.03 Å². The molecule has 0 spiro atoms. The molecule has 0 aromatic heterocycles. The topological polar surface area (TPSA) is 67.5 Å². The molecule has 0 saturated carbocycles. The van der Waals surface area contributed by atoms with E-state index in [2.05, 4.69) is 17.5 Å². The second-order valence-electron chi connectivity index (χ2n) is 3.74. The van der Waals surface area contributed by atoms with Gasteiger partial charge in [-0.05, 0) is 18.9 Å². The predicted molar refractivity (Wildman–Crippen MR) is 68.3 cm³/mol. The van der Waals surface area contributed by atoms with E-state index in [0.29, 0.717) is 0 Å². The highest BCUT2D eigenvalue weighted by Gasteiger charge is 1.87. The molecule has 0 aliphatic rings. The molecular weight excluding hydrogens is 202 g/mol. The molecule has 4 heteroatoms. The zero-order chi connectivity index (χ0) is 12.1. The normalized spacial score (nSPS) is 11.3. The number of allylic oxidation sites excluding steroid dienone is 2. The van der Waals surface area contributed by atoms with Crippen LogP contribution in [-0.2, 0) is 0 Å². The van der Waals surface area contributed by atoms with E-state index in [1.807, 2.05) is 12.2 Å². The van der Waals surface area contributed by atoms with Crippen LogP contribution in [0, 0.1) is 0 Å². The Morgan fingerprint density at radius 3 is 2.62 bits per heavy atom. The Balaban J connectivity index is 3.21. The molecule has 16 heavy (non-hydrogen) atoms. The van der Waals surface area contributed by atoms with Crippen molar-refractivity contribution in [3.8, 4) is 0 Å². The molecular formula is C12H23N3O. The van der Waals surface area contributed by atoms with Gasteiger partial charge in [-0.15, -0.1) is 0 Å². The Morgan fingerprint density at radius 1 is 1.25 bits per heavy atom. The van der Waals surface area contributed by atoms with Crippen molar-refractivity contribution in [3.63, 3.8) is 0 Å². The minimum absolute atomic E-state index is 0.638. The minimum atomic E-state index is -0.638. The molecule has 0 heterocycles. The van der Waals surface area contributed by atoms with Crippen molar-refractivity contribution in [2.75, 3.05) is 0 Å². The van der Waals surface area contributed by atoms with Crippen LogP contribution >= 0.6 is 0 Å². The Hall–Kier alpha value is -1.32. The van der Waals surface area contributed by atoms with Crippen molar-refractivity contribution in [1.82, 2.24) is 5.43 Å². The Morgan fingerprint density at radius 2 is 1.94 bits per heavy atom. The second-order valence-corrected chi connectivity index (χ2v) is 3.74. The van der Waals surface area contributed by atoms with Gasteiger partial charge in [0.2, 0.25) is 0 Å². The SMILES string of the molecule is CCCCCCCC/C=C/C=N/NC(N)=O. The molecule has 0 bridgehead atoms. The van der Waals surface area contributed by atoms with Gasteiger partial charge in [-0.25, -0.2) is 10.2 Å². The molecule has 0 radical (unpaired) electrons. The summed E-state index contributed by atoms with van der Waals surface area (Å²) in [5.74, 6) is 0. The molecule has 0 aliphatic carbocycles. The molecule has 4 nitrogen and oxygen atoms in total. The number of nitrogens with one attached hydrogen (secondary N) is 1. The van der Waals surface area contributed by atoms with Gasteiger partial charge in [0, 0.05) is 6.21 Å². The first kappa shape index (κ1) is 14.7. The van der Waals surface area contributed by atoms with Crippen LogP contribution in [0.1, 0.15) is 51.9 Å². The fraction of sp³-hybridized carbons (Fsp3) is 0.667. The van der Waals surface area contributed by atoms with Crippen LogP contribution in [0.25, 0.3) is 0 Å². The maximum atomic E-state index is 10.2. The van der Waals surface area contributed by atoms with Gasteiger partial charge in [-0.3, -0.25) is 0 Å². The van der Waals surface area contributed by atoms with Gasteiger partial charge in [0.1, 0.15) is 0 Å². The van der Waals surface area contributed by atoms with Crippen LogP contribution in [-0.4, -0.2) is 12.2 Å². The number of carbonyl (C=O) groups is 1. The van der Waals surface area contributed by atoms with Gasteiger partial charge in [-0.1, -0.05) is 45.1 Å². The molecule has 2 amide bonds. The number of amides is 2. The zero-order valence-corrected chi connectivity index (χ0v) is 10.1. The van der Waals surface area contributed by atoms with E-state index in [0.717, 1.165) is 6.42 Å². The third-order valence-electron chi connectivity index (χ3n) is 2.20. The highest BCUT2D eigenvalue weighted by molar-refractivity contribution is 5.75. The number of hydrogen-bond acceptors (Lipinski definition) is 2. The van der Waals surface area contributed by atoms with Gasteiger partial charge in [0.25, 0.3) is 0 Å². The summed E-state index contributed by atoms with van der Waals surface area (Å²) in [5.41, 5.74) is 6.95. The molecule has 0 rings (SSSR count). The van der Waals surface area contributed by atoms with Gasteiger partial charge in [0.05, 0.1) is 0 Å². The fourth-order valence-electron chi connectivity index (χ4n) is 1.34. The average Bonchev–Trinajstić information content (AvgIpc) is 2.25. The predicted octanol–water partition coefficient (Wildman–Crippen LogP) is 2.95. The number of hydrogen-bond donors (Lipinski definition) is 2. The van der Waals surface area contributed by atoms with E-state index in [1.54, 1.807) is 0 Å². The monoisotopic (exact) mass is 225 g/mol. The summed E-state index contributed by atoms with van der Waals surface area (Å²) in [6, 6.07) is -0.638. The summed E-state index contributed by atoms with van der Waals surface area (Å²) < 4.78 is 0. The quantitative estimate of drug-likeness (QED) is 0.353. The van der Waals surface area contributed by atoms with Crippen molar-refractivity contribution in [1.29, 1.82) is 0 Å². The molecule has 3 N–H and O–H groups in total. The summed E-state index contributed by atoms with van der Waals surface area (Å²) in [6.07, 6.45) is 14.3. The first-order chi connectivity index (χ1) is 7.77. The van der Waals surface area contributed by atoms with Crippen molar-refractivity contribution in [3.05, 3.63) is 12.2 Å². The van der Waals surface area contributed by atoms with Crippen LogP contribution in [0.3, 0.4) is 0 Å². The van der Waals surface area contributed by atoms with Crippen LogP contribution in [0.4, 0.5) is 4.79 Å². The first-order valence-corrected chi connectivity index (χ1v) is 6.01. The zero-order valence-electron chi connectivity index (χ0n) is 10.1. The summed E-state index contributed by atoms with van der Waals surface area (Å²) in [4.78, 5) is 10.2. The van der Waals surface area contributed by atoms with Gasteiger partial charge in [0.15, 0.2) is 0 Å². The third kappa shape index (κ3) is 12.7. The fourth-order valence-corrected chi connectivity index (χ4v) is 1.34. The standard InChI is InChI=1S/C12H23N3O/c1-2-3-4-5-6-7-8-9-10-11-14-15-12(13)16/h9-11H,2-8H2,1H3,(H3,13,15,16)/b10-9+,14-11+. The van der Waals surface area contributed by atoms with E-state index in [4.69, 9.17) is 5.73 Å². The maximum absolute atomic E-state index is 10.2. The highest BCUT2D eigenvalue weighted by Crippen LogP contribution is 2.06. The minimum Gasteiger partial charge on any atom is -0.350 e. The molecule has 92 valence electrons. The summed E-state index contributed by atoms with van der Waals surface area (Å²) in [7, 11) is 0. The lowest BCUT2D eigenvalue weighted by atomic mass is 10.1. The average molecular weight is 225 g/mol. The lowest BCUT2D eigenvalue weighted by Crippen LogP contribution is -2.24. The number of primary amides is 1. The highest BCUT2D eigenvalue weighted by atomic mass is 16.2. The van der Waals surface area contributed by atoms with Crippen LogP contribution in [0.2, 0.25) is 0 Å². The van der Waals surface area contributed by atoms with E-state index >= 15 is 0 Å². The lowest BCUT2D eigenvalue weighted by molar-refractivity contribution is 0.249. The third-order valence-corrected chi connectivity index (χ3v) is 2.20. The molecule has 0 unspecified atom stereocenters. The lowest BCUT2D eigenvalue weighted by Gasteiger charge is -1.97. The first-order valence-electron chi connectivity index (χ1n) is 6.01. The molecule has 0 fully saturated rings. The van der Waals surface area contributed by atoms with Crippen molar-refractivity contribution < 1.29 is 4.79 Å². The van der Waals surface area contributed by atoms with E-state index in [9.17, 15) is 4.79 Å². The van der Waals surface area contributed by atoms with Crippen LogP contribution in [0.15, 0.2) is 17.3 Å². The maximum Gasteiger partial charge on any atom is 0.332 e. The number of unbranched alkanes of at least 4 members (excludes halogenated alkanes) is 6. The molecule has 0 atom stereocenters. The molecule has 0 aromatic rings. The smallest absolute Gasteiger partial charge is 0.332 e. The van der Waals surface area contributed by atoms with Gasteiger partial charge < -0.3 is 5.73 Å². The van der Waals surface area contributed by atoms with Crippen LogP contribution < -0.4 is 11.2 Å². The van der Waals surface area contributed by atoms with Crippen molar-refractivity contribution in [2.24, 2.45) is 10.8 Å². The number of urea groups is 1. The largest absolute Gasteiger partial charge is 0.350 e. The number of nitrogens with zero attached hydrogens (tertiary/aromatic N) is 1. The molecule has 0 aliphatic heterocycles. The Kier molecular flexibility index (Phi) is 10.8. The summed E-state index contributed by atoms with van der Waals surface area (Å²) >= 11 is 0. The number of rotatable bonds is 9. The molecule has 0 aromatic carbocycles. The van der Waals surface area contributed by atoms with Crippen LogP contribution in [0.5, 0.6) is 0 Å². The van der Waals surface area contributed by atoms with Crippen molar-refractivity contribution >= 4 is 12.2 Å². The van der Waals surface area contributed by atoms with Gasteiger partial charge in [-0.2, -0.15) is 5.10 Å². The second kappa shape index (κ2) is 11.8. The number of nitrogens with two attached hydrogens (primary N) is 1. The Bertz CT molecular complexity index is 224. The Labute approximate surface area is 98.0 Å². The van der Waals surface area contributed by atoms with E-state index in [1.165, 1.54) is 44.7 Å². The number of carbonyl (C=O) groups excluding carboxylic acids is 1. The molecule has 0 saturated heterocycles. The number of hydrazone groups is 1. The summed E-state index contributed by atoms with van der Waals surface area (Å²) in [5, 5.41) is 3.59.